The second kappa shape index (κ2) is 21.8. The topological polar surface area (TPSA) is 183 Å². The molecule has 5 rings (SSSR count). The molecule has 1 fully saturated rings. The molecule has 0 bridgehead atoms. The van der Waals surface area contributed by atoms with Gasteiger partial charge in [0.25, 0.3) is 6.47 Å². The number of hydrogen-bond donors (Lipinski definition) is 5. The third-order valence-corrected chi connectivity index (χ3v) is 8.34. The number of ether oxygens (including phenoxy) is 2. The van der Waals surface area contributed by atoms with Crippen LogP contribution in [0.4, 0.5) is 4.79 Å². The van der Waals surface area contributed by atoms with Crippen LogP contribution in [0.3, 0.4) is 0 Å². The normalized spacial score (nSPS) is 13.9. The van der Waals surface area contributed by atoms with E-state index >= 15 is 0 Å². The molecule has 3 amide bonds. The number of hydrogen-bond acceptors (Lipinski definition) is 9. The molecule has 1 aliphatic rings. The quantitative estimate of drug-likeness (QED) is 0.0781. The van der Waals surface area contributed by atoms with Gasteiger partial charge in [-0.1, -0.05) is 46.0 Å². The summed E-state index contributed by atoms with van der Waals surface area (Å²) in [6.07, 6.45) is 4.86. The Bertz CT molecular complexity index is 1860. The molecule has 286 valence electrons. The molecule has 0 radical (unpaired) electrons. The third kappa shape index (κ3) is 12.6. The summed E-state index contributed by atoms with van der Waals surface area (Å²) in [6.45, 7) is 9.82. The van der Waals surface area contributed by atoms with Gasteiger partial charge >= 0.3 is 6.09 Å². The second-order valence-electron chi connectivity index (χ2n) is 12.9. The molecule has 53 heavy (non-hydrogen) atoms. The molecule has 0 saturated carbocycles. The summed E-state index contributed by atoms with van der Waals surface area (Å²) in [5.74, 6) is 8.26. The maximum atomic E-state index is 12.7. The molecule has 1 saturated heterocycles. The summed E-state index contributed by atoms with van der Waals surface area (Å²) in [4.78, 5) is 63.4. The zero-order valence-electron chi connectivity index (χ0n) is 31.9. The summed E-state index contributed by atoms with van der Waals surface area (Å²) < 4.78 is 8.43. The van der Waals surface area contributed by atoms with E-state index in [1.54, 1.807) is 4.90 Å². The van der Waals surface area contributed by atoms with Gasteiger partial charge in [0, 0.05) is 30.6 Å². The molecule has 14 nitrogen and oxygen atoms in total. The number of carbonyl (C=O) groups is 4. The van der Waals surface area contributed by atoms with Gasteiger partial charge in [-0.3, -0.25) is 14.4 Å². The number of imidazole rings is 2. The van der Waals surface area contributed by atoms with Crippen LogP contribution in [-0.2, 0) is 30.3 Å². The fourth-order valence-corrected chi connectivity index (χ4v) is 5.85. The highest BCUT2D eigenvalue weighted by Gasteiger charge is 2.32. The summed E-state index contributed by atoms with van der Waals surface area (Å²) in [7, 11) is 4.39. The number of nitrogens with one attached hydrogen (secondary N) is 5. The number of carbonyl (C=O) groups excluding carboxylic acids is 4. The van der Waals surface area contributed by atoms with Crippen molar-refractivity contribution in [3.63, 3.8) is 0 Å². The first kappa shape index (κ1) is 42.0. The van der Waals surface area contributed by atoms with Crippen molar-refractivity contribution in [1.29, 1.82) is 0 Å². The number of H-pyrrole nitrogens is 2. The molecule has 0 spiro atoms. The average molecular weight is 731 g/mol. The lowest BCUT2D eigenvalue weighted by molar-refractivity contribution is -0.131. The molecule has 5 N–H and O–H groups in total. The number of fused-ring (bicyclic) bond motifs is 2. The molecular weight excluding hydrogens is 676 g/mol. The van der Waals surface area contributed by atoms with E-state index in [2.05, 4.69) is 61.1 Å². The maximum Gasteiger partial charge on any atom is 0.407 e. The smallest absolute Gasteiger partial charge is 0.407 e. The Hall–Kier alpha value is -5.42. The van der Waals surface area contributed by atoms with Crippen molar-refractivity contribution in [2.24, 2.45) is 5.92 Å². The van der Waals surface area contributed by atoms with E-state index in [1.807, 2.05) is 57.3 Å². The van der Waals surface area contributed by atoms with Gasteiger partial charge in [0.15, 0.2) is 0 Å². The minimum Gasteiger partial charge on any atom is -0.471 e. The van der Waals surface area contributed by atoms with Gasteiger partial charge in [-0.15, -0.1) is 0 Å². The van der Waals surface area contributed by atoms with Crippen molar-refractivity contribution in [1.82, 2.24) is 40.8 Å². The Morgan fingerprint density at radius 1 is 0.981 bits per heavy atom. The monoisotopic (exact) mass is 730 g/mol. The molecule has 1 aliphatic heterocycles. The van der Waals surface area contributed by atoms with E-state index in [9.17, 15) is 14.4 Å². The van der Waals surface area contributed by atoms with Gasteiger partial charge in [0.05, 0.1) is 48.4 Å². The summed E-state index contributed by atoms with van der Waals surface area (Å²) >= 11 is 0. The molecule has 0 aliphatic carbocycles. The predicted molar refractivity (Wildman–Crippen MR) is 205 cm³/mol. The number of aromatic nitrogens is 4. The van der Waals surface area contributed by atoms with Crippen LogP contribution in [0.2, 0.25) is 0 Å². The Labute approximate surface area is 311 Å². The summed E-state index contributed by atoms with van der Waals surface area (Å²) in [5.41, 5.74) is 5.21. The van der Waals surface area contributed by atoms with Gasteiger partial charge in [-0.2, -0.15) is 0 Å². The Morgan fingerprint density at radius 3 is 2.19 bits per heavy atom. The minimum absolute atomic E-state index is 0.0423. The van der Waals surface area contributed by atoms with Crippen molar-refractivity contribution in [3.8, 4) is 11.8 Å². The van der Waals surface area contributed by atoms with Crippen LogP contribution in [0.5, 0.6) is 0 Å². The molecule has 2 atom stereocenters. The molecule has 2 unspecified atom stereocenters. The Balaban J connectivity index is 0.000000996. The molecule has 2 aromatic carbocycles. The van der Waals surface area contributed by atoms with Crippen LogP contribution in [-0.4, -0.2) is 96.2 Å². The lowest BCUT2D eigenvalue weighted by atomic mass is 10.0. The van der Waals surface area contributed by atoms with E-state index in [1.165, 1.54) is 20.6 Å². The first-order chi connectivity index (χ1) is 25.6. The number of methoxy groups -OCH3 is 2. The molecule has 2 aromatic heterocycles. The van der Waals surface area contributed by atoms with Crippen LogP contribution >= 0.6 is 0 Å². The van der Waals surface area contributed by atoms with E-state index in [0.29, 0.717) is 19.6 Å². The summed E-state index contributed by atoms with van der Waals surface area (Å²) in [5, 5.41) is 8.55. The third-order valence-electron chi connectivity index (χ3n) is 8.34. The van der Waals surface area contributed by atoms with Crippen molar-refractivity contribution in [2.75, 3.05) is 40.9 Å². The number of rotatable bonds is 12. The van der Waals surface area contributed by atoms with Crippen molar-refractivity contribution < 1.29 is 28.7 Å². The van der Waals surface area contributed by atoms with Crippen molar-refractivity contribution in [3.05, 3.63) is 59.2 Å². The van der Waals surface area contributed by atoms with Gasteiger partial charge in [-0.05, 0) is 75.0 Å². The van der Waals surface area contributed by atoms with E-state index in [4.69, 9.17) is 14.8 Å². The van der Waals surface area contributed by atoms with E-state index in [-0.39, 0.29) is 36.4 Å². The number of alkyl carbamates (subject to hydrolysis) is 1. The lowest BCUT2D eigenvalue weighted by Crippen LogP contribution is -2.46. The maximum absolute atomic E-state index is 12.7. The van der Waals surface area contributed by atoms with Crippen LogP contribution in [0.15, 0.2) is 36.4 Å². The highest BCUT2D eigenvalue weighted by Crippen LogP contribution is 2.31. The highest BCUT2D eigenvalue weighted by molar-refractivity contribution is 5.83. The summed E-state index contributed by atoms with van der Waals surface area (Å²) in [6, 6.07) is 11.4. The zero-order chi connectivity index (χ0) is 38.8. The van der Waals surface area contributed by atoms with Crippen LogP contribution in [0, 0.1) is 17.8 Å². The Kier molecular flexibility index (Phi) is 17.3. The number of likely N-dealkylation sites (tertiary alicyclic amines) is 1. The van der Waals surface area contributed by atoms with E-state index < -0.39 is 6.09 Å². The van der Waals surface area contributed by atoms with Crippen molar-refractivity contribution >= 4 is 46.4 Å². The first-order valence-corrected chi connectivity index (χ1v) is 18.1. The first-order valence-electron chi connectivity index (χ1n) is 18.1. The fourth-order valence-electron chi connectivity index (χ4n) is 5.85. The number of aryl methyl sites for hydroxylation is 1. The number of benzene rings is 2. The van der Waals surface area contributed by atoms with Crippen LogP contribution in [0.25, 0.3) is 22.1 Å². The zero-order valence-corrected chi connectivity index (χ0v) is 31.9. The standard InChI is InChI=1S/C34H42N8O4.C3H8.C2H4O2/c1-21(2)31(35-3)33(44)36-16-6-5-9-29-38-24-14-12-22(18-26(24)39-29)10-11-23-13-15-25-27(19-23)41-32(40-25)28-8-7-17-42(28)30(43)20-37-34(45)46-4;1-3-2;1-4-2-3/h12-15,18-19,21,28,31,35H,5-9,16-17,20H2,1-4H3,(H,36,44)(H,37,45)(H,38,39)(H,40,41);3H2,1-2H3;2H,1H3. The number of likely N-dealkylation sites (N-methyl/N-ethyl adjacent to an activating group) is 1. The van der Waals surface area contributed by atoms with Gasteiger partial charge in [-0.25, -0.2) is 14.8 Å². The molecule has 3 heterocycles. The molecule has 14 heteroatoms. The van der Waals surface area contributed by atoms with E-state index in [0.717, 1.165) is 76.9 Å². The number of aromatic amines is 2. The number of unbranched alkanes of at least 4 members (excludes halogenated alkanes) is 1. The predicted octanol–water partition coefficient (Wildman–Crippen LogP) is 4.75. The molecule has 4 aromatic rings. The molecular formula is C39H54N8O6. The second-order valence-corrected chi connectivity index (χ2v) is 12.9. The SMILES string of the molecule is CCC.CNC(C(=O)NCCCCc1nc2ccc(C#Cc3ccc4nc(C5CCCN5C(=O)CNC(=O)OC)[nH]c4c3)cc2[nH]1)C(C)C.COC=O. The number of nitrogens with zero attached hydrogens (tertiary/aromatic N) is 3. The van der Waals surface area contributed by atoms with Crippen LogP contribution in [0.1, 0.15) is 88.6 Å². The Morgan fingerprint density at radius 2 is 1.60 bits per heavy atom. The van der Waals surface area contributed by atoms with Gasteiger partial charge in [0.2, 0.25) is 11.8 Å². The fraction of sp³-hybridized carbons (Fsp3) is 0.487. The highest BCUT2D eigenvalue weighted by atomic mass is 16.5. The van der Waals surface area contributed by atoms with Crippen molar-refractivity contribution in [2.45, 2.75) is 78.3 Å². The number of amides is 3. The average Bonchev–Trinajstić information content (AvgIpc) is 3.91. The van der Waals surface area contributed by atoms with Crippen LogP contribution < -0.4 is 16.0 Å². The van der Waals surface area contributed by atoms with Gasteiger partial charge in [0.1, 0.15) is 18.2 Å². The largest absolute Gasteiger partial charge is 0.471 e. The minimum atomic E-state index is -0.633. The lowest BCUT2D eigenvalue weighted by Gasteiger charge is -2.23. The van der Waals surface area contributed by atoms with Gasteiger partial charge < -0.3 is 40.3 Å².